The molecule has 2 N–H and O–H groups in total. The molecule has 1 aromatic heterocycles. The van der Waals surface area contributed by atoms with Gasteiger partial charge < -0.3 is 20.5 Å². The molecule has 0 saturated carbocycles. The van der Waals surface area contributed by atoms with Gasteiger partial charge in [0.05, 0.1) is 35.1 Å². The highest BCUT2D eigenvalue weighted by atomic mass is 32.2. The van der Waals surface area contributed by atoms with Crippen molar-refractivity contribution in [3.63, 3.8) is 0 Å². The van der Waals surface area contributed by atoms with Crippen molar-refractivity contribution in [3.8, 4) is 0 Å². The van der Waals surface area contributed by atoms with Crippen LogP contribution in [0.3, 0.4) is 0 Å². The summed E-state index contributed by atoms with van der Waals surface area (Å²) in [6.45, 7) is 4.09. The fraction of sp³-hybridized carbons (Fsp3) is 0.300. The number of aromatic nitrogens is 2. The van der Waals surface area contributed by atoms with E-state index >= 15 is 0 Å². The molecule has 28 heavy (non-hydrogen) atoms. The van der Waals surface area contributed by atoms with Crippen LogP contribution in [0.25, 0.3) is 5.70 Å². The molecule has 2 aromatic rings. The summed E-state index contributed by atoms with van der Waals surface area (Å²) in [4.78, 5) is 12.2. The Bertz CT molecular complexity index is 998. The van der Waals surface area contributed by atoms with Crippen LogP contribution in [0.4, 0.5) is 11.6 Å². The van der Waals surface area contributed by atoms with E-state index in [1.165, 1.54) is 5.56 Å². The molecular weight excluding hydrogens is 374 g/mol. The summed E-state index contributed by atoms with van der Waals surface area (Å²) in [7, 11) is -0.998. The number of fused-ring (bicyclic) bond motifs is 2. The van der Waals surface area contributed by atoms with E-state index in [4.69, 9.17) is 4.74 Å². The number of hydrazine groups is 1. The van der Waals surface area contributed by atoms with Gasteiger partial charge in [0.15, 0.2) is 0 Å². The molecule has 144 valence electrons. The van der Waals surface area contributed by atoms with Crippen molar-refractivity contribution in [2.45, 2.75) is 17.2 Å². The van der Waals surface area contributed by atoms with Crippen LogP contribution in [0.5, 0.6) is 0 Å². The number of nitrogens with one attached hydrogen (secondary N) is 2. The fourth-order valence-corrected chi connectivity index (χ4v) is 4.66. The lowest BCUT2D eigenvalue weighted by Gasteiger charge is -2.38. The van der Waals surface area contributed by atoms with E-state index in [1.54, 1.807) is 0 Å². The molecule has 1 atom stereocenters. The van der Waals surface area contributed by atoms with E-state index in [2.05, 4.69) is 31.8 Å². The van der Waals surface area contributed by atoms with Gasteiger partial charge in [-0.3, -0.25) is 4.21 Å². The van der Waals surface area contributed by atoms with E-state index in [0.29, 0.717) is 24.9 Å². The molecule has 3 aliphatic heterocycles. The third kappa shape index (κ3) is 2.71. The first kappa shape index (κ1) is 17.4. The van der Waals surface area contributed by atoms with E-state index in [0.717, 1.165) is 28.4 Å². The van der Waals surface area contributed by atoms with Gasteiger partial charge in [0.1, 0.15) is 0 Å². The molecule has 1 unspecified atom stereocenters. The molecule has 3 aliphatic rings. The zero-order valence-electron chi connectivity index (χ0n) is 15.5. The van der Waals surface area contributed by atoms with Crippen molar-refractivity contribution in [1.82, 2.24) is 20.8 Å². The summed E-state index contributed by atoms with van der Waals surface area (Å²) in [5.74, 6) is 1.25. The molecule has 0 bridgehead atoms. The zero-order valence-corrected chi connectivity index (χ0v) is 16.3. The largest absolute Gasteiger partial charge is 0.379 e. The maximum Gasteiger partial charge on any atom is 0.229 e. The summed E-state index contributed by atoms with van der Waals surface area (Å²) in [6.07, 6.45) is 9.34. The molecule has 4 heterocycles. The monoisotopic (exact) mass is 395 g/mol. The van der Waals surface area contributed by atoms with Gasteiger partial charge in [-0.05, 0) is 29.8 Å². The number of anilines is 2. The number of allylic oxidation sites excluding steroid dienone is 2. The average Bonchev–Trinajstić information content (AvgIpc) is 3.09. The number of hydrogen-bond donors (Lipinski definition) is 2. The zero-order chi connectivity index (χ0) is 19.1. The maximum atomic E-state index is 12.3. The van der Waals surface area contributed by atoms with Gasteiger partial charge in [0.25, 0.3) is 0 Å². The maximum absolute atomic E-state index is 12.3. The molecule has 1 fully saturated rings. The molecule has 5 rings (SSSR count). The lowest BCUT2D eigenvalue weighted by atomic mass is 9.81. The summed E-state index contributed by atoms with van der Waals surface area (Å²) in [5, 5.41) is 0. The highest BCUT2D eigenvalue weighted by Gasteiger charge is 2.49. The Labute approximate surface area is 165 Å². The van der Waals surface area contributed by atoms with E-state index in [-0.39, 0.29) is 5.41 Å². The van der Waals surface area contributed by atoms with Gasteiger partial charge in [-0.15, -0.1) is 0 Å². The Morgan fingerprint density at radius 2 is 2.11 bits per heavy atom. The molecule has 1 spiro atoms. The average molecular weight is 395 g/mol. The molecule has 0 radical (unpaired) electrons. The molecule has 1 saturated heterocycles. The van der Waals surface area contributed by atoms with Crippen molar-refractivity contribution in [2.75, 3.05) is 30.4 Å². The molecule has 8 heteroatoms. The molecule has 0 amide bonds. The second-order valence-electron chi connectivity index (χ2n) is 7.15. The van der Waals surface area contributed by atoms with Gasteiger partial charge in [0.2, 0.25) is 5.95 Å². The highest BCUT2D eigenvalue weighted by molar-refractivity contribution is 7.85. The number of hydrogen-bond acceptors (Lipinski definition) is 7. The number of benzene rings is 1. The van der Waals surface area contributed by atoms with Gasteiger partial charge in [-0.1, -0.05) is 13.0 Å². The Morgan fingerprint density at radius 3 is 2.75 bits per heavy atom. The van der Waals surface area contributed by atoms with Crippen LogP contribution < -0.4 is 15.8 Å². The van der Waals surface area contributed by atoms with Crippen LogP contribution in [0.15, 0.2) is 53.8 Å². The van der Waals surface area contributed by atoms with E-state index < -0.39 is 10.8 Å². The lowest BCUT2D eigenvalue weighted by Crippen LogP contribution is -2.49. The topological polar surface area (TPSA) is 79.4 Å². The SMILES string of the molecule is CCS(=O)c1ccc2c(c1)N(c1ncc(C3=CC=CNN3)cn1)CC21COC1. The summed E-state index contributed by atoms with van der Waals surface area (Å²) < 4.78 is 17.9. The van der Waals surface area contributed by atoms with Crippen LogP contribution in [0.2, 0.25) is 0 Å². The van der Waals surface area contributed by atoms with E-state index in [9.17, 15) is 4.21 Å². The first-order valence-electron chi connectivity index (χ1n) is 9.29. The van der Waals surface area contributed by atoms with Gasteiger partial charge >= 0.3 is 0 Å². The third-order valence-electron chi connectivity index (χ3n) is 5.41. The number of rotatable bonds is 4. The minimum absolute atomic E-state index is 0.0221. The standard InChI is InChI=1S/C20H21N5O2S/c1-2-28(26)15-5-6-16-18(8-15)25(11-20(16)12-27-13-20)19-21-9-14(10-22-19)17-4-3-7-23-24-17/h3-10,23-24H,2,11-13H2,1H3. The van der Waals surface area contributed by atoms with Crippen molar-refractivity contribution in [3.05, 3.63) is 60.1 Å². The minimum Gasteiger partial charge on any atom is -0.379 e. The second-order valence-corrected chi connectivity index (χ2v) is 8.89. The molecular formula is C20H21N5O2S. The first-order chi connectivity index (χ1) is 13.7. The Hall–Kier alpha value is -2.71. The van der Waals surface area contributed by atoms with Crippen molar-refractivity contribution in [2.24, 2.45) is 0 Å². The minimum atomic E-state index is -0.998. The Kier molecular flexibility index (Phi) is 4.17. The van der Waals surface area contributed by atoms with Gasteiger partial charge in [-0.2, -0.15) is 0 Å². The predicted molar refractivity (Wildman–Crippen MR) is 108 cm³/mol. The quantitative estimate of drug-likeness (QED) is 0.820. The molecule has 1 aromatic carbocycles. The predicted octanol–water partition coefficient (Wildman–Crippen LogP) is 1.99. The highest BCUT2D eigenvalue weighted by Crippen LogP contribution is 2.48. The van der Waals surface area contributed by atoms with Crippen LogP contribution in [0.1, 0.15) is 18.1 Å². The second kappa shape index (κ2) is 6.72. The third-order valence-corrected chi connectivity index (χ3v) is 6.72. The van der Waals surface area contributed by atoms with Crippen LogP contribution in [-0.4, -0.2) is 39.7 Å². The van der Waals surface area contributed by atoms with Crippen molar-refractivity contribution in [1.29, 1.82) is 0 Å². The van der Waals surface area contributed by atoms with Crippen molar-refractivity contribution >= 4 is 28.1 Å². The summed E-state index contributed by atoms with van der Waals surface area (Å²) in [6, 6.07) is 6.11. The normalized spacial score (nSPS) is 20.0. The lowest BCUT2D eigenvalue weighted by molar-refractivity contribution is -0.0507. The number of nitrogens with zero attached hydrogens (tertiary/aromatic N) is 3. The van der Waals surface area contributed by atoms with Crippen LogP contribution >= 0.6 is 0 Å². The smallest absolute Gasteiger partial charge is 0.229 e. The van der Waals surface area contributed by atoms with Crippen molar-refractivity contribution < 1.29 is 8.95 Å². The first-order valence-corrected chi connectivity index (χ1v) is 10.6. The van der Waals surface area contributed by atoms with Crippen LogP contribution in [0, 0.1) is 0 Å². The van der Waals surface area contributed by atoms with Gasteiger partial charge in [-0.25, -0.2) is 9.97 Å². The van der Waals surface area contributed by atoms with E-state index in [1.807, 2.05) is 49.8 Å². The number of ether oxygens (including phenoxy) is 1. The fourth-order valence-electron chi connectivity index (χ4n) is 3.86. The van der Waals surface area contributed by atoms with Gasteiger partial charge in [0, 0.05) is 47.0 Å². The van der Waals surface area contributed by atoms with Crippen LogP contribution in [-0.2, 0) is 21.0 Å². The molecule has 7 nitrogen and oxygen atoms in total. The summed E-state index contributed by atoms with van der Waals surface area (Å²) in [5.41, 5.74) is 10.1. The Balaban J connectivity index is 1.51. The Morgan fingerprint density at radius 1 is 1.29 bits per heavy atom. The molecule has 0 aliphatic carbocycles. The summed E-state index contributed by atoms with van der Waals surface area (Å²) >= 11 is 0.